The first-order chi connectivity index (χ1) is 8.84. The molecule has 106 valence electrons. The van der Waals surface area contributed by atoms with Crippen LogP contribution in [0.5, 0.6) is 0 Å². The first kappa shape index (κ1) is 14.3. The second kappa shape index (κ2) is 5.51. The molecule has 1 aliphatic rings. The third-order valence-electron chi connectivity index (χ3n) is 3.16. The zero-order chi connectivity index (χ0) is 14.0. The molecule has 0 saturated carbocycles. The molecule has 1 aromatic rings. The molecule has 0 amide bonds. The highest BCUT2D eigenvalue weighted by Crippen LogP contribution is 2.29. The van der Waals surface area contributed by atoms with E-state index in [1.54, 1.807) is 6.07 Å². The van der Waals surface area contributed by atoms with Crippen molar-refractivity contribution >= 4 is 0 Å². The van der Waals surface area contributed by atoms with Crippen molar-refractivity contribution in [2.24, 2.45) is 0 Å². The van der Waals surface area contributed by atoms with E-state index < -0.39 is 11.7 Å². The van der Waals surface area contributed by atoms with Gasteiger partial charge in [-0.2, -0.15) is 13.2 Å². The molecule has 1 saturated heterocycles. The lowest BCUT2D eigenvalue weighted by Gasteiger charge is -2.35. The van der Waals surface area contributed by atoms with Crippen LogP contribution in [0.3, 0.4) is 0 Å². The Hall–Kier alpha value is -1.07. The molecule has 1 heterocycles. The van der Waals surface area contributed by atoms with E-state index in [9.17, 15) is 13.2 Å². The molecule has 0 N–H and O–H groups in total. The van der Waals surface area contributed by atoms with Crippen LogP contribution in [0.1, 0.15) is 25.0 Å². The second-order valence-electron chi connectivity index (χ2n) is 5.15. The van der Waals surface area contributed by atoms with Gasteiger partial charge in [0.05, 0.1) is 17.8 Å². The maximum absolute atomic E-state index is 12.6. The van der Waals surface area contributed by atoms with Gasteiger partial charge >= 0.3 is 6.18 Å². The summed E-state index contributed by atoms with van der Waals surface area (Å²) in [5.41, 5.74) is 0.107. The smallest absolute Gasteiger partial charge is 0.373 e. The number of alkyl halides is 3. The van der Waals surface area contributed by atoms with Crippen LogP contribution in [-0.4, -0.2) is 30.2 Å². The first-order valence-corrected chi connectivity index (χ1v) is 6.38. The summed E-state index contributed by atoms with van der Waals surface area (Å²) in [5, 5.41) is 0. The number of halogens is 3. The van der Waals surface area contributed by atoms with Crippen LogP contribution in [0.4, 0.5) is 13.2 Å². The summed E-state index contributed by atoms with van der Waals surface area (Å²) in [5.74, 6) is 0. The number of hydrogen-bond donors (Lipinski definition) is 0. The Bertz CT molecular complexity index is 423. The van der Waals surface area contributed by atoms with Crippen LogP contribution in [0.15, 0.2) is 24.3 Å². The predicted octanol–water partition coefficient (Wildman–Crippen LogP) is 3.31. The molecule has 19 heavy (non-hydrogen) atoms. The Labute approximate surface area is 111 Å². The molecule has 1 aromatic carbocycles. The van der Waals surface area contributed by atoms with Gasteiger partial charge < -0.3 is 4.74 Å². The first-order valence-electron chi connectivity index (χ1n) is 6.38. The van der Waals surface area contributed by atoms with Crippen molar-refractivity contribution in [2.75, 3.05) is 13.1 Å². The van der Waals surface area contributed by atoms with Crippen molar-refractivity contribution in [1.29, 1.82) is 0 Å². The lowest BCUT2D eigenvalue weighted by atomic mass is 10.1. The number of morpholine rings is 1. The van der Waals surface area contributed by atoms with E-state index in [0.29, 0.717) is 12.1 Å². The van der Waals surface area contributed by atoms with Crippen molar-refractivity contribution in [3.05, 3.63) is 35.4 Å². The van der Waals surface area contributed by atoms with E-state index in [1.807, 2.05) is 13.8 Å². The largest absolute Gasteiger partial charge is 0.416 e. The summed E-state index contributed by atoms with van der Waals surface area (Å²) in [4.78, 5) is 2.13. The Morgan fingerprint density at radius 3 is 2.42 bits per heavy atom. The molecule has 2 nitrogen and oxygen atoms in total. The van der Waals surface area contributed by atoms with Crippen molar-refractivity contribution < 1.29 is 17.9 Å². The fraction of sp³-hybridized carbons (Fsp3) is 0.571. The molecule has 0 radical (unpaired) electrons. The Kier molecular flexibility index (Phi) is 4.16. The minimum atomic E-state index is -4.28. The number of hydrogen-bond acceptors (Lipinski definition) is 2. The highest BCUT2D eigenvalue weighted by atomic mass is 19.4. The number of nitrogens with zero attached hydrogens (tertiary/aromatic N) is 1. The third kappa shape index (κ3) is 3.94. The molecule has 0 bridgehead atoms. The number of ether oxygens (including phenoxy) is 1. The van der Waals surface area contributed by atoms with Crippen LogP contribution in [-0.2, 0) is 17.5 Å². The molecule has 2 rings (SSSR count). The van der Waals surface area contributed by atoms with Crippen molar-refractivity contribution in [3.8, 4) is 0 Å². The highest BCUT2D eigenvalue weighted by Gasteiger charge is 2.30. The Morgan fingerprint density at radius 1 is 1.21 bits per heavy atom. The molecular weight excluding hydrogens is 255 g/mol. The zero-order valence-electron chi connectivity index (χ0n) is 11.1. The van der Waals surface area contributed by atoms with E-state index in [-0.39, 0.29) is 12.2 Å². The summed E-state index contributed by atoms with van der Waals surface area (Å²) in [6, 6.07) is 5.53. The highest BCUT2D eigenvalue weighted by molar-refractivity contribution is 5.25. The van der Waals surface area contributed by atoms with E-state index in [1.165, 1.54) is 12.1 Å². The molecule has 2 unspecified atom stereocenters. The van der Waals surface area contributed by atoms with Gasteiger partial charge in [0, 0.05) is 19.6 Å². The van der Waals surface area contributed by atoms with Gasteiger partial charge in [0.15, 0.2) is 0 Å². The van der Waals surface area contributed by atoms with Gasteiger partial charge in [0.25, 0.3) is 0 Å². The summed E-state index contributed by atoms with van der Waals surface area (Å²) < 4.78 is 43.5. The standard InChI is InChI=1S/C14H18F3NO/c1-10-7-18(8-11(2)19-10)9-12-4-3-5-13(6-12)14(15,16)17/h3-6,10-11H,7-9H2,1-2H3. The molecule has 2 atom stereocenters. The fourth-order valence-corrected chi connectivity index (χ4v) is 2.52. The van der Waals surface area contributed by atoms with Crippen molar-refractivity contribution in [2.45, 2.75) is 38.8 Å². The molecule has 0 spiro atoms. The third-order valence-corrected chi connectivity index (χ3v) is 3.16. The molecule has 0 aromatic heterocycles. The van der Waals surface area contributed by atoms with Crippen LogP contribution >= 0.6 is 0 Å². The quantitative estimate of drug-likeness (QED) is 0.819. The predicted molar refractivity (Wildman–Crippen MR) is 66.7 cm³/mol. The lowest BCUT2D eigenvalue weighted by Crippen LogP contribution is -2.44. The monoisotopic (exact) mass is 273 g/mol. The van der Waals surface area contributed by atoms with Gasteiger partial charge in [-0.15, -0.1) is 0 Å². The Morgan fingerprint density at radius 2 is 1.84 bits per heavy atom. The van der Waals surface area contributed by atoms with Crippen molar-refractivity contribution in [3.63, 3.8) is 0 Å². The Balaban J connectivity index is 2.07. The molecule has 5 heteroatoms. The van der Waals surface area contributed by atoms with Gasteiger partial charge in [0.1, 0.15) is 0 Å². The van der Waals surface area contributed by atoms with Crippen molar-refractivity contribution in [1.82, 2.24) is 4.90 Å². The van der Waals surface area contributed by atoms with Crippen LogP contribution in [0.25, 0.3) is 0 Å². The summed E-state index contributed by atoms with van der Waals surface area (Å²) in [7, 11) is 0. The summed E-state index contributed by atoms with van der Waals surface area (Å²) in [6.07, 6.45) is -4.04. The lowest BCUT2D eigenvalue weighted by molar-refractivity contribution is -0.137. The molecule has 0 aliphatic carbocycles. The van der Waals surface area contributed by atoms with Crippen LogP contribution in [0, 0.1) is 0 Å². The average molecular weight is 273 g/mol. The summed E-state index contributed by atoms with van der Waals surface area (Å²) in [6.45, 7) is 5.99. The average Bonchev–Trinajstić information content (AvgIpc) is 2.26. The van der Waals surface area contributed by atoms with Gasteiger partial charge in [-0.1, -0.05) is 18.2 Å². The van der Waals surface area contributed by atoms with Gasteiger partial charge in [-0.3, -0.25) is 4.90 Å². The maximum atomic E-state index is 12.6. The number of benzene rings is 1. The number of rotatable bonds is 2. The normalized spacial score (nSPS) is 25.5. The fourth-order valence-electron chi connectivity index (χ4n) is 2.52. The molecule has 1 fully saturated rings. The van der Waals surface area contributed by atoms with Gasteiger partial charge in [-0.05, 0) is 25.5 Å². The molecular formula is C14H18F3NO. The van der Waals surface area contributed by atoms with E-state index in [0.717, 1.165) is 19.2 Å². The van der Waals surface area contributed by atoms with E-state index in [4.69, 9.17) is 4.74 Å². The van der Waals surface area contributed by atoms with Gasteiger partial charge in [0.2, 0.25) is 0 Å². The van der Waals surface area contributed by atoms with Gasteiger partial charge in [-0.25, -0.2) is 0 Å². The SMILES string of the molecule is CC1CN(Cc2cccc(C(F)(F)F)c2)CC(C)O1. The minimum absolute atomic E-state index is 0.120. The maximum Gasteiger partial charge on any atom is 0.416 e. The minimum Gasteiger partial charge on any atom is -0.373 e. The summed E-state index contributed by atoms with van der Waals surface area (Å²) >= 11 is 0. The second-order valence-corrected chi connectivity index (χ2v) is 5.15. The molecule has 1 aliphatic heterocycles. The van der Waals surface area contributed by atoms with Crippen LogP contribution in [0.2, 0.25) is 0 Å². The zero-order valence-corrected chi connectivity index (χ0v) is 11.1. The van der Waals surface area contributed by atoms with E-state index >= 15 is 0 Å². The van der Waals surface area contributed by atoms with E-state index in [2.05, 4.69) is 4.90 Å². The topological polar surface area (TPSA) is 12.5 Å². The van der Waals surface area contributed by atoms with Crippen LogP contribution < -0.4 is 0 Å².